The fourth-order valence-electron chi connectivity index (χ4n) is 5.29. The Morgan fingerprint density at radius 2 is 1.61 bits per heavy atom. The van der Waals surface area contributed by atoms with Crippen LogP contribution in [0, 0.1) is 6.92 Å². The van der Waals surface area contributed by atoms with Gasteiger partial charge in [-0.2, -0.15) is 0 Å². The highest BCUT2D eigenvalue weighted by Gasteiger charge is 2.34. The Morgan fingerprint density at radius 1 is 0.951 bits per heavy atom. The lowest BCUT2D eigenvalue weighted by Crippen LogP contribution is -2.54. The van der Waals surface area contributed by atoms with Crippen molar-refractivity contribution >= 4 is 27.5 Å². The predicted molar refractivity (Wildman–Crippen MR) is 161 cm³/mol. The molecule has 0 heterocycles. The van der Waals surface area contributed by atoms with E-state index in [9.17, 15) is 18.0 Å². The normalized spacial score (nSPS) is 14.3. The minimum atomic E-state index is -3.82. The number of hydrogen-bond acceptors (Lipinski definition) is 5. The molecule has 0 spiro atoms. The molecular weight excluding hydrogens is 538 g/mol. The summed E-state index contributed by atoms with van der Waals surface area (Å²) in [6.45, 7) is 1.69. The van der Waals surface area contributed by atoms with Crippen LogP contribution in [0.5, 0.6) is 5.75 Å². The Morgan fingerprint density at radius 3 is 2.22 bits per heavy atom. The summed E-state index contributed by atoms with van der Waals surface area (Å²) in [6.07, 6.45) is 5.32. The van der Waals surface area contributed by atoms with Crippen molar-refractivity contribution in [1.29, 1.82) is 0 Å². The van der Waals surface area contributed by atoms with Crippen molar-refractivity contribution in [2.75, 3.05) is 24.2 Å². The number of hydrogen-bond donors (Lipinski definition) is 1. The van der Waals surface area contributed by atoms with Gasteiger partial charge in [-0.05, 0) is 55.2 Å². The Bertz CT molecular complexity index is 1420. The summed E-state index contributed by atoms with van der Waals surface area (Å²) in [4.78, 5) is 29.6. The zero-order chi connectivity index (χ0) is 29.4. The third kappa shape index (κ3) is 8.33. The molecule has 8 nitrogen and oxygen atoms in total. The van der Waals surface area contributed by atoms with Gasteiger partial charge in [0.15, 0.2) is 0 Å². The van der Waals surface area contributed by atoms with Gasteiger partial charge in [-0.25, -0.2) is 8.42 Å². The average Bonchev–Trinajstić information content (AvgIpc) is 3.46. The van der Waals surface area contributed by atoms with E-state index in [4.69, 9.17) is 4.74 Å². The molecule has 1 unspecified atom stereocenters. The minimum Gasteiger partial charge on any atom is -0.497 e. The molecule has 0 aliphatic heterocycles. The van der Waals surface area contributed by atoms with Crippen LogP contribution in [-0.4, -0.2) is 57.1 Å². The van der Waals surface area contributed by atoms with E-state index in [2.05, 4.69) is 5.32 Å². The molecule has 3 aromatic rings. The number of carbonyl (C=O) groups is 2. The molecule has 1 atom stereocenters. The fourth-order valence-corrected chi connectivity index (χ4v) is 6.14. The van der Waals surface area contributed by atoms with E-state index in [1.54, 1.807) is 24.3 Å². The maximum Gasteiger partial charge on any atom is 0.244 e. The van der Waals surface area contributed by atoms with Crippen LogP contribution < -0.4 is 14.4 Å². The molecule has 0 aromatic heterocycles. The average molecular weight is 578 g/mol. The molecule has 0 bridgehead atoms. The number of nitrogens with one attached hydrogen (secondary N) is 1. The van der Waals surface area contributed by atoms with Crippen LogP contribution in [0.2, 0.25) is 0 Å². The molecule has 3 aromatic carbocycles. The van der Waals surface area contributed by atoms with Gasteiger partial charge in [-0.1, -0.05) is 73.0 Å². The number of aryl methyl sites for hydroxylation is 1. The van der Waals surface area contributed by atoms with Gasteiger partial charge in [0.25, 0.3) is 0 Å². The summed E-state index contributed by atoms with van der Waals surface area (Å²) in [5, 5.41) is 3.18. The zero-order valence-electron chi connectivity index (χ0n) is 24.0. The van der Waals surface area contributed by atoms with Crippen molar-refractivity contribution in [2.24, 2.45) is 0 Å². The predicted octanol–water partition coefficient (Wildman–Crippen LogP) is 4.47. The first-order valence-corrected chi connectivity index (χ1v) is 15.8. The summed E-state index contributed by atoms with van der Waals surface area (Å²) in [7, 11) is -2.30. The van der Waals surface area contributed by atoms with Gasteiger partial charge < -0.3 is 15.0 Å². The number of benzene rings is 3. The Labute approximate surface area is 243 Å². The Kier molecular flexibility index (Phi) is 10.0. The van der Waals surface area contributed by atoms with Gasteiger partial charge in [0, 0.05) is 19.0 Å². The van der Waals surface area contributed by atoms with Crippen LogP contribution in [0.15, 0.2) is 78.9 Å². The first kappa shape index (κ1) is 30.1. The second-order valence-corrected chi connectivity index (χ2v) is 12.6. The Balaban J connectivity index is 1.71. The zero-order valence-corrected chi connectivity index (χ0v) is 24.8. The van der Waals surface area contributed by atoms with Crippen molar-refractivity contribution in [3.05, 3.63) is 95.6 Å². The topological polar surface area (TPSA) is 96.0 Å². The molecule has 2 amide bonds. The third-order valence-electron chi connectivity index (χ3n) is 7.45. The van der Waals surface area contributed by atoms with Gasteiger partial charge in [0.05, 0.1) is 19.1 Å². The summed E-state index contributed by atoms with van der Waals surface area (Å²) in [5.41, 5.74) is 3.14. The van der Waals surface area contributed by atoms with Crippen molar-refractivity contribution in [3.8, 4) is 5.75 Å². The van der Waals surface area contributed by atoms with Gasteiger partial charge in [0.2, 0.25) is 21.8 Å². The second-order valence-electron chi connectivity index (χ2n) is 10.7. The molecule has 1 N–H and O–H groups in total. The highest BCUT2D eigenvalue weighted by Crippen LogP contribution is 2.24. The lowest BCUT2D eigenvalue weighted by molar-refractivity contribution is -0.140. The van der Waals surface area contributed by atoms with Crippen LogP contribution in [-0.2, 0) is 32.6 Å². The van der Waals surface area contributed by atoms with Crippen molar-refractivity contribution < 1.29 is 22.7 Å². The largest absolute Gasteiger partial charge is 0.497 e. The van der Waals surface area contributed by atoms with E-state index in [1.165, 1.54) is 12.0 Å². The monoisotopic (exact) mass is 577 g/mol. The smallest absolute Gasteiger partial charge is 0.244 e. The number of anilines is 1. The number of methoxy groups -OCH3 is 1. The van der Waals surface area contributed by atoms with Crippen LogP contribution in [0.25, 0.3) is 0 Å². The molecule has 9 heteroatoms. The molecule has 1 aliphatic rings. The molecule has 41 heavy (non-hydrogen) atoms. The number of sulfonamides is 1. The molecule has 0 radical (unpaired) electrons. The molecule has 218 valence electrons. The fraction of sp³-hybridized carbons (Fsp3) is 0.375. The maximum atomic E-state index is 14.2. The van der Waals surface area contributed by atoms with E-state index in [0.29, 0.717) is 17.9 Å². The highest BCUT2D eigenvalue weighted by molar-refractivity contribution is 7.92. The van der Waals surface area contributed by atoms with E-state index in [-0.39, 0.29) is 18.5 Å². The molecule has 4 rings (SSSR count). The number of nitrogens with zero attached hydrogens (tertiary/aromatic N) is 2. The quantitative estimate of drug-likeness (QED) is 0.343. The first-order valence-electron chi connectivity index (χ1n) is 13.9. The van der Waals surface area contributed by atoms with Crippen molar-refractivity contribution in [2.45, 2.75) is 57.7 Å². The van der Waals surface area contributed by atoms with Crippen LogP contribution in [0.1, 0.15) is 42.4 Å². The molecule has 0 saturated heterocycles. The maximum absolute atomic E-state index is 14.2. The van der Waals surface area contributed by atoms with E-state index < -0.39 is 28.5 Å². The number of rotatable bonds is 12. The summed E-state index contributed by atoms with van der Waals surface area (Å²) in [5.74, 6) is -0.117. The standard InChI is InChI=1S/C32H39N3O5S/c1-24-10-9-13-26(20-24)22-34(31(36)23-35(41(3,38)39)28-16-18-29(40-2)19-17-28)30(21-25-11-5-4-6-12-25)32(37)33-27-14-7-8-15-27/h4-6,9-13,16-20,27,30H,7-8,14-15,21-23H2,1-3H3,(H,33,37). The molecule has 1 fully saturated rings. The van der Waals surface area contributed by atoms with E-state index in [0.717, 1.165) is 52.9 Å². The SMILES string of the molecule is COc1ccc(N(CC(=O)N(Cc2cccc(C)c2)C(Cc2ccccc2)C(=O)NC2CCCC2)S(C)(=O)=O)cc1. The second kappa shape index (κ2) is 13.7. The van der Waals surface area contributed by atoms with Gasteiger partial charge in [-0.3, -0.25) is 13.9 Å². The van der Waals surface area contributed by atoms with E-state index >= 15 is 0 Å². The van der Waals surface area contributed by atoms with Gasteiger partial charge in [-0.15, -0.1) is 0 Å². The van der Waals surface area contributed by atoms with Crippen LogP contribution >= 0.6 is 0 Å². The number of carbonyl (C=O) groups excluding carboxylic acids is 2. The van der Waals surface area contributed by atoms with Gasteiger partial charge >= 0.3 is 0 Å². The number of amides is 2. The molecule has 1 saturated carbocycles. The highest BCUT2D eigenvalue weighted by atomic mass is 32.2. The van der Waals surface area contributed by atoms with Crippen molar-refractivity contribution in [3.63, 3.8) is 0 Å². The minimum absolute atomic E-state index is 0.0727. The summed E-state index contributed by atoms with van der Waals surface area (Å²) < 4.78 is 32.1. The third-order valence-corrected chi connectivity index (χ3v) is 8.59. The van der Waals surface area contributed by atoms with E-state index in [1.807, 2.05) is 61.5 Å². The first-order chi connectivity index (χ1) is 19.6. The molecular formula is C32H39N3O5S. The number of ether oxygens (including phenoxy) is 1. The van der Waals surface area contributed by atoms with Crippen LogP contribution in [0.4, 0.5) is 5.69 Å². The lowest BCUT2D eigenvalue weighted by atomic mass is 10.0. The Hall–Kier alpha value is -3.85. The molecule has 1 aliphatic carbocycles. The van der Waals surface area contributed by atoms with Crippen LogP contribution in [0.3, 0.4) is 0 Å². The summed E-state index contributed by atoms with van der Waals surface area (Å²) >= 11 is 0. The lowest BCUT2D eigenvalue weighted by Gasteiger charge is -2.34. The van der Waals surface area contributed by atoms with Crippen molar-refractivity contribution in [1.82, 2.24) is 10.2 Å². The van der Waals surface area contributed by atoms with Gasteiger partial charge in [0.1, 0.15) is 18.3 Å². The summed E-state index contributed by atoms with van der Waals surface area (Å²) in [6, 6.07) is 23.1.